The topological polar surface area (TPSA) is 35.8 Å². The highest BCUT2D eigenvalue weighted by molar-refractivity contribution is 9.10. The zero-order valence-corrected chi connectivity index (χ0v) is 11.3. The van der Waals surface area contributed by atoms with Crippen LogP contribution < -0.4 is 5.32 Å². The largest absolute Gasteiger partial charge is 0.383 e. The van der Waals surface area contributed by atoms with Crippen LogP contribution in [-0.4, -0.2) is 6.54 Å². The number of benzene rings is 1. The first kappa shape index (κ1) is 11.1. The summed E-state index contributed by atoms with van der Waals surface area (Å²) in [6, 6.07) is 8.02. The Morgan fingerprint density at radius 3 is 2.76 bits per heavy atom. The zero-order valence-electron chi connectivity index (χ0n) is 9.67. The Morgan fingerprint density at radius 2 is 2.18 bits per heavy atom. The Bertz CT molecular complexity index is 481. The Labute approximate surface area is 110 Å². The lowest BCUT2D eigenvalue weighted by Crippen LogP contribution is -2.17. The molecule has 0 atom stereocenters. The van der Waals surface area contributed by atoms with Crippen LogP contribution in [0.15, 0.2) is 22.7 Å². The van der Waals surface area contributed by atoms with Crippen molar-refractivity contribution in [3.05, 3.63) is 28.2 Å². The van der Waals surface area contributed by atoms with E-state index in [0.717, 1.165) is 28.2 Å². The molecule has 0 saturated heterocycles. The van der Waals surface area contributed by atoms with Gasteiger partial charge < -0.3 is 5.32 Å². The van der Waals surface area contributed by atoms with Gasteiger partial charge in [-0.2, -0.15) is 5.26 Å². The van der Waals surface area contributed by atoms with Crippen LogP contribution >= 0.6 is 15.9 Å². The quantitative estimate of drug-likeness (QED) is 0.912. The highest BCUT2D eigenvalue weighted by atomic mass is 79.9. The Hall–Kier alpha value is -1.01. The number of anilines is 1. The minimum absolute atomic E-state index is 0.565. The molecule has 1 aromatic rings. The van der Waals surface area contributed by atoms with Crippen LogP contribution in [0.5, 0.6) is 0 Å². The maximum Gasteiger partial charge on any atom is 0.101 e. The second-order valence-corrected chi connectivity index (χ2v) is 6.21. The molecule has 0 radical (unpaired) electrons. The molecule has 88 valence electrons. The molecule has 17 heavy (non-hydrogen) atoms. The number of nitrogens with one attached hydrogen (secondary N) is 1. The third-order valence-corrected chi connectivity index (χ3v) is 4.56. The van der Waals surface area contributed by atoms with E-state index in [9.17, 15) is 0 Å². The van der Waals surface area contributed by atoms with E-state index < -0.39 is 0 Å². The molecule has 0 bridgehead atoms. The van der Waals surface area contributed by atoms with Crippen LogP contribution in [-0.2, 0) is 0 Å². The summed E-state index contributed by atoms with van der Waals surface area (Å²) in [5.41, 5.74) is 2.27. The lowest BCUT2D eigenvalue weighted by molar-refractivity contribution is 0.467. The van der Waals surface area contributed by atoms with Crippen molar-refractivity contribution in [1.29, 1.82) is 5.26 Å². The van der Waals surface area contributed by atoms with Crippen LogP contribution in [0.3, 0.4) is 0 Å². The zero-order chi connectivity index (χ0) is 11.9. The molecular weight excluding hydrogens is 276 g/mol. The SMILES string of the molecule is N#Cc1ccc(Br)cc1NCC1(C2CC2)CC1. The van der Waals surface area contributed by atoms with Crippen LogP contribution in [0.1, 0.15) is 31.2 Å². The van der Waals surface area contributed by atoms with Gasteiger partial charge in [0.05, 0.1) is 11.3 Å². The van der Waals surface area contributed by atoms with Gasteiger partial charge in [0.2, 0.25) is 0 Å². The van der Waals surface area contributed by atoms with Crippen LogP contribution in [0, 0.1) is 22.7 Å². The van der Waals surface area contributed by atoms with Gasteiger partial charge in [0, 0.05) is 11.0 Å². The molecule has 2 saturated carbocycles. The Balaban J connectivity index is 1.72. The van der Waals surface area contributed by atoms with Crippen molar-refractivity contribution >= 4 is 21.6 Å². The maximum absolute atomic E-state index is 9.07. The number of hydrogen-bond donors (Lipinski definition) is 1. The van der Waals surface area contributed by atoms with Crippen molar-refractivity contribution in [2.24, 2.45) is 11.3 Å². The van der Waals surface area contributed by atoms with Gasteiger partial charge >= 0.3 is 0 Å². The van der Waals surface area contributed by atoms with Crippen molar-refractivity contribution in [2.45, 2.75) is 25.7 Å². The molecule has 0 unspecified atom stereocenters. The number of hydrogen-bond acceptors (Lipinski definition) is 2. The summed E-state index contributed by atoms with van der Waals surface area (Å²) < 4.78 is 1.02. The second-order valence-electron chi connectivity index (χ2n) is 5.29. The van der Waals surface area contributed by atoms with E-state index in [-0.39, 0.29) is 0 Å². The third-order valence-electron chi connectivity index (χ3n) is 4.07. The van der Waals surface area contributed by atoms with Crippen molar-refractivity contribution in [2.75, 3.05) is 11.9 Å². The normalized spacial score (nSPS) is 20.7. The van der Waals surface area contributed by atoms with E-state index in [1.807, 2.05) is 18.2 Å². The van der Waals surface area contributed by atoms with Gasteiger partial charge in [-0.3, -0.25) is 0 Å². The van der Waals surface area contributed by atoms with E-state index in [2.05, 4.69) is 27.3 Å². The molecule has 3 rings (SSSR count). The van der Waals surface area contributed by atoms with Gasteiger partial charge in [0.1, 0.15) is 6.07 Å². The number of nitriles is 1. The minimum Gasteiger partial charge on any atom is -0.383 e. The minimum atomic E-state index is 0.565. The molecule has 2 aliphatic rings. The van der Waals surface area contributed by atoms with Crippen molar-refractivity contribution < 1.29 is 0 Å². The van der Waals surface area contributed by atoms with E-state index in [1.165, 1.54) is 25.7 Å². The summed E-state index contributed by atoms with van der Waals surface area (Å²) in [6.45, 7) is 1.03. The predicted molar refractivity (Wildman–Crippen MR) is 71.7 cm³/mol. The lowest BCUT2D eigenvalue weighted by atomic mass is 10.0. The van der Waals surface area contributed by atoms with Gasteiger partial charge in [-0.05, 0) is 55.2 Å². The van der Waals surface area contributed by atoms with Crippen LogP contribution in [0.2, 0.25) is 0 Å². The third kappa shape index (κ3) is 2.19. The molecule has 1 aromatic carbocycles. The molecule has 2 aliphatic carbocycles. The van der Waals surface area contributed by atoms with Gasteiger partial charge in [0.25, 0.3) is 0 Å². The fourth-order valence-corrected chi connectivity index (χ4v) is 2.98. The summed E-state index contributed by atoms with van der Waals surface area (Å²) >= 11 is 3.45. The van der Waals surface area contributed by atoms with E-state index >= 15 is 0 Å². The van der Waals surface area contributed by atoms with Crippen LogP contribution in [0.4, 0.5) is 5.69 Å². The molecule has 0 heterocycles. The molecule has 0 aromatic heterocycles. The molecule has 0 spiro atoms. The average molecular weight is 291 g/mol. The number of halogens is 1. The first-order chi connectivity index (χ1) is 8.23. The first-order valence-corrected chi connectivity index (χ1v) is 6.96. The van der Waals surface area contributed by atoms with E-state index in [1.54, 1.807) is 0 Å². The first-order valence-electron chi connectivity index (χ1n) is 6.17. The Morgan fingerprint density at radius 1 is 1.41 bits per heavy atom. The van der Waals surface area contributed by atoms with Crippen LogP contribution in [0.25, 0.3) is 0 Å². The smallest absolute Gasteiger partial charge is 0.101 e. The molecule has 0 aliphatic heterocycles. The van der Waals surface area contributed by atoms with E-state index in [4.69, 9.17) is 5.26 Å². The highest BCUT2D eigenvalue weighted by Gasteiger charge is 2.53. The van der Waals surface area contributed by atoms with Crippen molar-refractivity contribution in [3.63, 3.8) is 0 Å². The monoisotopic (exact) mass is 290 g/mol. The average Bonchev–Trinajstić information content (AvgIpc) is 3.17. The standard InChI is InChI=1S/C14H15BrN2/c15-12-4-1-10(8-16)13(7-12)17-9-14(5-6-14)11-2-3-11/h1,4,7,11,17H,2-3,5-6,9H2. The molecule has 2 fully saturated rings. The van der Waals surface area contributed by atoms with Gasteiger partial charge in [-0.25, -0.2) is 0 Å². The van der Waals surface area contributed by atoms with Gasteiger partial charge in [0.15, 0.2) is 0 Å². The van der Waals surface area contributed by atoms with E-state index in [0.29, 0.717) is 5.41 Å². The summed E-state index contributed by atoms with van der Waals surface area (Å²) in [4.78, 5) is 0. The number of nitrogens with zero attached hydrogens (tertiary/aromatic N) is 1. The maximum atomic E-state index is 9.07. The second kappa shape index (κ2) is 4.03. The molecule has 0 amide bonds. The fraction of sp³-hybridized carbons (Fsp3) is 0.500. The predicted octanol–water partition coefficient (Wildman–Crippen LogP) is 3.92. The lowest BCUT2D eigenvalue weighted by Gasteiger charge is -2.16. The van der Waals surface area contributed by atoms with Gasteiger partial charge in [-0.15, -0.1) is 0 Å². The summed E-state index contributed by atoms with van der Waals surface area (Å²) in [7, 11) is 0. The highest BCUT2D eigenvalue weighted by Crippen LogP contribution is 2.61. The molecular formula is C14H15BrN2. The molecule has 2 nitrogen and oxygen atoms in total. The van der Waals surface area contributed by atoms with Crippen molar-refractivity contribution in [1.82, 2.24) is 0 Å². The van der Waals surface area contributed by atoms with Gasteiger partial charge in [-0.1, -0.05) is 15.9 Å². The molecule has 1 N–H and O–H groups in total. The number of rotatable bonds is 4. The summed E-state index contributed by atoms with van der Waals surface area (Å²) in [5.74, 6) is 0.952. The Kier molecular flexibility index (Phi) is 2.63. The summed E-state index contributed by atoms with van der Waals surface area (Å²) in [6.07, 6.45) is 5.54. The fourth-order valence-electron chi connectivity index (χ4n) is 2.62. The summed E-state index contributed by atoms with van der Waals surface area (Å²) in [5, 5.41) is 12.5. The molecule has 3 heteroatoms. The van der Waals surface area contributed by atoms with Crippen molar-refractivity contribution in [3.8, 4) is 6.07 Å².